The molecule has 1 aromatic heterocycles. The number of amides is 1. The van der Waals surface area contributed by atoms with Gasteiger partial charge >= 0.3 is 5.97 Å². The molecule has 2 N–H and O–H groups in total. The van der Waals surface area contributed by atoms with Crippen molar-refractivity contribution in [3.63, 3.8) is 0 Å². The van der Waals surface area contributed by atoms with E-state index in [4.69, 9.17) is 9.52 Å². The second kappa shape index (κ2) is 6.26. The van der Waals surface area contributed by atoms with Crippen LogP contribution in [-0.2, 0) is 11.3 Å². The molecule has 0 aliphatic rings. The van der Waals surface area contributed by atoms with E-state index in [1.54, 1.807) is 6.92 Å². The van der Waals surface area contributed by atoms with Crippen LogP contribution in [0.1, 0.15) is 40.3 Å². The van der Waals surface area contributed by atoms with E-state index < -0.39 is 5.97 Å². The van der Waals surface area contributed by atoms with E-state index in [2.05, 4.69) is 5.32 Å². The highest BCUT2D eigenvalue weighted by Gasteiger charge is 2.17. The van der Waals surface area contributed by atoms with Crippen molar-refractivity contribution in [3.8, 4) is 0 Å². The molecule has 110 valence electrons. The van der Waals surface area contributed by atoms with E-state index >= 15 is 0 Å². The lowest BCUT2D eigenvalue weighted by Crippen LogP contribution is -2.27. The zero-order chi connectivity index (χ0) is 15.4. The van der Waals surface area contributed by atoms with E-state index in [1.165, 1.54) is 6.07 Å². The third-order valence-electron chi connectivity index (χ3n) is 3.33. The van der Waals surface area contributed by atoms with E-state index in [0.717, 1.165) is 5.56 Å². The lowest BCUT2D eigenvalue weighted by atomic mass is 10.0. The molecule has 0 spiro atoms. The second-order valence-corrected chi connectivity index (χ2v) is 4.84. The van der Waals surface area contributed by atoms with Crippen LogP contribution in [0.4, 0.5) is 0 Å². The van der Waals surface area contributed by atoms with Crippen LogP contribution in [0.25, 0.3) is 0 Å². The van der Waals surface area contributed by atoms with E-state index in [9.17, 15) is 9.59 Å². The average molecular weight is 287 g/mol. The Hall–Kier alpha value is -2.56. The number of carbonyl (C=O) groups is 2. The summed E-state index contributed by atoms with van der Waals surface area (Å²) in [5, 5.41) is 11.7. The Morgan fingerprint density at radius 3 is 2.52 bits per heavy atom. The quantitative estimate of drug-likeness (QED) is 0.886. The molecule has 0 saturated carbocycles. The number of rotatable bonds is 5. The molecule has 1 aromatic carbocycles. The monoisotopic (exact) mass is 287 g/mol. The number of furan rings is 1. The maximum absolute atomic E-state index is 12.1. The molecule has 21 heavy (non-hydrogen) atoms. The van der Waals surface area contributed by atoms with Gasteiger partial charge in [0.2, 0.25) is 5.91 Å². The molecule has 0 fully saturated rings. The number of carbonyl (C=O) groups excluding carboxylic acids is 1. The first kappa shape index (κ1) is 14.8. The van der Waals surface area contributed by atoms with Crippen molar-refractivity contribution in [2.24, 2.45) is 0 Å². The summed E-state index contributed by atoms with van der Waals surface area (Å²) >= 11 is 0. The van der Waals surface area contributed by atoms with Crippen molar-refractivity contribution >= 4 is 11.9 Å². The number of hydrogen-bond acceptors (Lipinski definition) is 3. The van der Waals surface area contributed by atoms with Crippen LogP contribution < -0.4 is 5.32 Å². The van der Waals surface area contributed by atoms with Crippen LogP contribution in [0, 0.1) is 6.92 Å². The summed E-state index contributed by atoms with van der Waals surface area (Å²) in [6.07, 6.45) is 0. The van der Waals surface area contributed by atoms with Gasteiger partial charge in [0, 0.05) is 0 Å². The van der Waals surface area contributed by atoms with Gasteiger partial charge in [-0.1, -0.05) is 30.3 Å². The van der Waals surface area contributed by atoms with Gasteiger partial charge in [-0.2, -0.15) is 0 Å². The number of carboxylic acid groups (broad SMARTS) is 1. The van der Waals surface area contributed by atoms with Gasteiger partial charge in [-0.15, -0.1) is 0 Å². The number of hydrogen-bond donors (Lipinski definition) is 2. The third kappa shape index (κ3) is 3.51. The molecule has 0 saturated heterocycles. The maximum atomic E-state index is 12.1. The highest BCUT2D eigenvalue weighted by atomic mass is 16.4. The second-order valence-electron chi connectivity index (χ2n) is 4.84. The molecule has 0 bridgehead atoms. The van der Waals surface area contributed by atoms with Crippen LogP contribution in [0.5, 0.6) is 0 Å². The molecule has 1 heterocycles. The highest BCUT2D eigenvalue weighted by Crippen LogP contribution is 2.17. The lowest BCUT2D eigenvalue weighted by molar-refractivity contribution is -0.122. The summed E-state index contributed by atoms with van der Waals surface area (Å²) in [5.74, 6) is -0.679. The minimum absolute atomic E-state index is 0.121. The van der Waals surface area contributed by atoms with Crippen molar-refractivity contribution in [1.29, 1.82) is 0 Å². The number of aromatic carboxylic acids is 1. The Morgan fingerprint density at radius 2 is 1.95 bits per heavy atom. The Labute approximate surface area is 122 Å². The molecule has 5 heteroatoms. The van der Waals surface area contributed by atoms with Gasteiger partial charge in [0.15, 0.2) is 0 Å². The Morgan fingerprint density at radius 1 is 1.29 bits per heavy atom. The molecule has 1 amide bonds. The molecule has 0 aliphatic heterocycles. The van der Waals surface area contributed by atoms with Crippen molar-refractivity contribution in [2.75, 3.05) is 0 Å². The summed E-state index contributed by atoms with van der Waals surface area (Å²) in [5.41, 5.74) is 1.05. The number of benzene rings is 1. The number of nitrogens with one attached hydrogen (secondary N) is 1. The minimum atomic E-state index is -1.04. The van der Waals surface area contributed by atoms with Gasteiger partial charge in [-0.05, 0) is 25.5 Å². The molecule has 5 nitrogen and oxygen atoms in total. The molecule has 2 rings (SSSR count). The molecule has 1 atom stereocenters. The number of aryl methyl sites for hydroxylation is 1. The largest absolute Gasteiger partial charge is 0.478 e. The Bertz CT molecular complexity index is 646. The van der Waals surface area contributed by atoms with Crippen molar-refractivity contribution in [1.82, 2.24) is 5.32 Å². The van der Waals surface area contributed by atoms with Crippen molar-refractivity contribution in [2.45, 2.75) is 26.3 Å². The van der Waals surface area contributed by atoms with Crippen molar-refractivity contribution < 1.29 is 19.1 Å². The predicted molar refractivity (Wildman–Crippen MR) is 77.1 cm³/mol. The van der Waals surface area contributed by atoms with Gasteiger partial charge in [0.05, 0.1) is 12.5 Å². The van der Waals surface area contributed by atoms with E-state index in [-0.39, 0.29) is 23.9 Å². The smallest absolute Gasteiger partial charge is 0.339 e. The summed E-state index contributed by atoms with van der Waals surface area (Å²) < 4.78 is 5.32. The number of carboxylic acids is 1. The van der Waals surface area contributed by atoms with Crippen LogP contribution in [0.3, 0.4) is 0 Å². The molecular formula is C16H17NO4. The van der Waals surface area contributed by atoms with Crippen LogP contribution >= 0.6 is 0 Å². The Kier molecular flexibility index (Phi) is 4.42. The van der Waals surface area contributed by atoms with E-state index in [0.29, 0.717) is 11.5 Å². The first-order chi connectivity index (χ1) is 9.99. The molecule has 0 aliphatic carbocycles. The lowest BCUT2D eigenvalue weighted by Gasteiger charge is -2.11. The normalized spacial score (nSPS) is 11.9. The first-order valence-corrected chi connectivity index (χ1v) is 6.64. The average Bonchev–Trinajstić information content (AvgIpc) is 2.86. The fourth-order valence-corrected chi connectivity index (χ4v) is 2.06. The van der Waals surface area contributed by atoms with Crippen LogP contribution in [0.15, 0.2) is 40.8 Å². The molecular weight excluding hydrogens is 270 g/mol. The molecule has 0 radical (unpaired) electrons. The summed E-state index contributed by atoms with van der Waals surface area (Å²) in [7, 11) is 0. The van der Waals surface area contributed by atoms with Crippen LogP contribution in [0.2, 0.25) is 0 Å². The van der Waals surface area contributed by atoms with Gasteiger partial charge in [-0.25, -0.2) is 4.79 Å². The summed E-state index contributed by atoms with van der Waals surface area (Å²) in [4.78, 5) is 23.0. The van der Waals surface area contributed by atoms with Crippen molar-refractivity contribution in [3.05, 3.63) is 59.0 Å². The molecule has 2 aromatic rings. The minimum Gasteiger partial charge on any atom is -0.478 e. The van der Waals surface area contributed by atoms with Gasteiger partial charge in [0.1, 0.15) is 17.1 Å². The van der Waals surface area contributed by atoms with Gasteiger partial charge in [0.25, 0.3) is 0 Å². The Balaban J connectivity index is 1.98. The standard InChI is InChI=1S/C16H17NO4/c1-10(12-6-4-3-5-7-12)15(18)17-9-13-8-14(16(19)20)11(2)21-13/h3-8,10H,9H2,1-2H3,(H,17,18)(H,19,20)/t10-/m1/s1. The van der Waals surface area contributed by atoms with E-state index in [1.807, 2.05) is 37.3 Å². The third-order valence-corrected chi connectivity index (χ3v) is 3.33. The maximum Gasteiger partial charge on any atom is 0.339 e. The first-order valence-electron chi connectivity index (χ1n) is 6.64. The fraction of sp³-hybridized carbons (Fsp3) is 0.250. The van der Waals surface area contributed by atoms with Gasteiger partial charge < -0.3 is 14.8 Å². The highest BCUT2D eigenvalue weighted by molar-refractivity contribution is 5.89. The zero-order valence-electron chi connectivity index (χ0n) is 11.9. The SMILES string of the molecule is Cc1oc(CNC(=O)[C@H](C)c2ccccc2)cc1C(=O)O. The zero-order valence-corrected chi connectivity index (χ0v) is 11.9. The predicted octanol–water partition coefficient (Wildman–Crippen LogP) is 2.71. The van der Waals surface area contributed by atoms with Crippen LogP contribution in [-0.4, -0.2) is 17.0 Å². The topological polar surface area (TPSA) is 79.5 Å². The fourth-order valence-electron chi connectivity index (χ4n) is 2.06. The molecule has 0 unspecified atom stereocenters. The van der Waals surface area contributed by atoms with Gasteiger partial charge in [-0.3, -0.25) is 4.79 Å². The summed E-state index contributed by atoms with van der Waals surface area (Å²) in [6.45, 7) is 3.58. The summed E-state index contributed by atoms with van der Waals surface area (Å²) in [6, 6.07) is 10.9.